The van der Waals surface area contributed by atoms with Crippen LogP contribution in [0.15, 0.2) is 42.6 Å². The normalized spacial score (nSPS) is 10.1. The third-order valence-corrected chi connectivity index (χ3v) is 2.23. The minimum Gasteiger partial charge on any atom is -0.439 e. The molecule has 82 valence electrons. The molecule has 1 aromatic carbocycles. The number of pyridine rings is 1. The summed E-state index contributed by atoms with van der Waals surface area (Å²) < 4.78 is 18.1. The van der Waals surface area contributed by atoms with E-state index in [0.29, 0.717) is 5.88 Å². The van der Waals surface area contributed by atoms with E-state index < -0.39 is 0 Å². The molecule has 2 aromatic rings. The standard InChI is InChI=1S/C13H12FNO/c1-2-10-4-3-5-12(8-10)16-13-7-6-11(14)9-15-13/h3-9H,2H2,1H3. The fourth-order valence-electron chi connectivity index (χ4n) is 1.37. The second-order valence-corrected chi connectivity index (χ2v) is 3.42. The molecule has 0 unspecified atom stereocenters. The van der Waals surface area contributed by atoms with Crippen molar-refractivity contribution >= 4 is 0 Å². The molecular weight excluding hydrogens is 205 g/mol. The number of aryl methyl sites for hydroxylation is 1. The Balaban J connectivity index is 2.16. The molecule has 1 heterocycles. The highest BCUT2D eigenvalue weighted by molar-refractivity contribution is 5.31. The molecule has 0 N–H and O–H groups in total. The lowest BCUT2D eigenvalue weighted by atomic mass is 10.2. The zero-order valence-electron chi connectivity index (χ0n) is 8.98. The first-order valence-corrected chi connectivity index (χ1v) is 5.16. The zero-order chi connectivity index (χ0) is 11.4. The van der Waals surface area contributed by atoms with Gasteiger partial charge in [0.2, 0.25) is 5.88 Å². The predicted molar refractivity (Wildman–Crippen MR) is 60.1 cm³/mol. The molecule has 16 heavy (non-hydrogen) atoms. The van der Waals surface area contributed by atoms with Crippen LogP contribution in [0.2, 0.25) is 0 Å². The van der Waals surface area contributed by atoms with Crippen molar-refractivity contribution in [2.75, 3.05) is 0 Å². The summed E-state index contributed by atoms with van der Waals surface area (Å²) in [5.74, 6) is 0.753. The van der Waals surface area contributed by atoms with Gasteiger partial charge in [-0.3, -0.25) is 0 Å². The lowest BCUT2D eigenvalue weighted by Crippen LogP contribution is -1.89. The smallest absolute Gasteiger partial charge is 0.219 e. The fourth-order valence-corrected chi connectivity index (χ4v) is 1.37. The van der Waals surface area contributed by atoms with Crippen LogP contribution in [-0.4, -0.2) is 4.98 Å². The Morgan fingerprint density at radius 2 is 2.12 bits per heavy atom. The van der Waals surface area contributed by atoms with Crippen LogP contribution in [0.5, 0.6) is 11.6 Å². The van der Waals surface area contributed by atoms with Gasteiger partial charge in [0, 0.05) is 6.07 Å². The number of nitrogens with zero attached hydrogens (tertiary/aromatic N) is 1. The van der Waals surface area contributed by atoms with E-state index in [9.17, 15) is 4.39 Å². The second kappa shape index (κ2) is 4.75. The van der Waals surface area contributed by atoms with Gasteiger partial charge in [-0.25, -0.2) is 9.37 Å². The van der Waals surface area contributed by atoms with Gasteiger partial charge in [0.15, 0.2) is 0 Å². The van der Waals surface area contributed by atoms with E-state index in [0.717, 1.165) is 18.4 Å². The van der Waals surface area contributed by atoms with Crippen LogP contribution in [0, 0.1) is 5.82 Å². The fraction of sp³-hybridized carbons (Fsp3) is 0.154. The van der Waals surface area contributed by atoms with Gasteiger partial charge >= 0.3 is 0 Å². The highest BCUT2D eigenvalue weighted by Gasteiger charge is 1.99. The maximum absolute atomic E-state index is 12.6. The largest absolute Gasteiger partial charge is 0.439 e. The van der Waals surface area contributed by atoms with Crippen LogP contribution < -0.4 is 4.74 Å². The van der Waals surface area contributed by atoms with E-state index in [1.54, 1.807) is 0 Å². The monoisotopic (exact) mass is 217 g/mol. The van der Waals surface area contributed by atoms with Crippen molar-refractivity contribution in [3.63, 3.8) is 0 Å². The van der Waals surface area contributed by atoms with Crippen molar-refractivity contribution in [1.82, 2.24) is 4.98 Å². The average Bonchev–Trinajstić information content (AvgIpc) is 2.32. The molecule has 0 saturated heterocycles. The molecule has 0 aliphatic heterocycles. The van der Waals surface area contributed by atoms with Crippen LogP contribution in [-0.2, 0) is 6.42 Å². The first-order valence-electron chi connectivity index (χ1n) is 5.16. The maximum Gasteiger partial charge on any atom is 0.219 e. The van der Waals surface area contributed by atoms with Gasteiger partial charge in [-0.2, -0.15) is 0 Å². The Hall–Kier alpha value is -1.90. The summed E-state index contributed by atoms with van der Waals surface area (Å²) in [5.41, 5.74) is 1.19. The highest BCUT2D eigenvalue weighted by Crippen LogP contribution is 2.20. The molecule has 0 atom stereocenters. The number of hydrogen-bond donors (Lipinski definition) is 0. The van der Waals surface area contributed by atoms with E-state index >= 15 is 0 Å². The molecule has 2 nitrogen and oxygen atoms in total. The van der Waals surface area contributed by atoms with Crippen molar-refractivity contribution in [3.05, 3.63) is 54.0 Å². The first kappa shape index (κ1) is 10.6. The van der Waals surface area contributed by atoms with Gasteiger partial charge in [-0.1, -0.05) is 19.1 Å². The predicted octanol–water partition coefficient (Wildman–Crippen LogP) is 3.58. The SMILES string of the molecule is CCc1cccc(Oc2ccc(F)cn2)c1. The first-order chi connectivity index (χ1) is 7.78. The molecule has 3 heteroatoms. The van der Waals surface area contributed by atoms with Gasteiger partial charge in [-0.15, -0.1) is 0 Å². The highest BCUT2D eigenvalue weighted by atomic mass is 19.1. The number of halogens is 1. The van der Waals surface area contributed by atoms with Gasteiger partial charge in [0.25, 0.3) is 0 Å². The molecule has 0 spiro atoms. The number of ether oxygens (including phenoxy) is 1. The quantitative estimate of drug-likeness (QED) is 0.784. The maximum atomic E-state index is 12.6. The summed E-state index contributed by atoms with van der Waals surface area (Å²) in [5, 5.41) is 0. The number of rotatable bonds is 3. The van der Waals surface area contributed by atoms with E-state index in [1.165, 1.54) is 17.7 Å². The Morgan fingerprint density at radius 3 is 2.81 bits per heavy atom. The topological polar surface area (TPSA) is 22.1 Å². The molecular formula is C13H12FNO. The molecule has 2 rings (SSSR count). The van der Waals surface area contributed by atoms with Crippen molar-refractivity contribution < 1.29 is 9.13 Å². The van der Waals surface area contributed by atoms with E-state index in [2.05, 4.69) is 11.9 Å². The zero-order valence-corrected chi connectivity index (χ0v) is 8.98. The Bertz CT molecular complexity index is 468. The molecule has 0 bridgehead atoms. The minimum absolute atomic E-state index is 0.366. The van der Waals surface area contributed by atoms with Crippen LogP contribution in [0.25, 0.3) is 0 Å². The van der Waals surface area contributed by atoms with Gasteiger partial charge in [0.1, 0.15) is 11.6 Å². The number of aromatic nitrogens is 1. The Kier molecular flexibility index (Phi) is 3.15. The van der Waals surface area contributed by atoms with E-state index in [1.807, 2.05) is 24.3 Å². The summed E-state index contributed by atoms with van der Waals surface area (Å²) in [4.78, 5) is 3.83. The minimum atomic E-state index is -0.366. The third kappa shape index (κ3) is 2.57. The van der Waals surface area contributed by atoms with E-state index in [-0.39, 0.29) is 5.82 Å². The summed E-state index contributed by atoms with van der Waals surface area (Å²) in [6, 6.07) is 10.6. The van der Waals surface area contributed by atoms with Crippen LogP contribution in [0.3, 0.4) is 0 Å². The summed E-state index contributed by atoms with van der Waals surface area (Å²) in [7, 11) is 0. The average molecular weight is 217 g/mol. The molecule has 0 aliphatic carbocycles. The molecule has 0 aliphatic rings. The summed E-state index contributed by atoms with van der Waals surface area (Å²) in [6.45, 7) is 2.08. The second-order valence-electron chi connectivity index (χ2n) is 3.42. The van der Waals surface area contributed by atoms with Gasteiger partial charge < -0.3 is 4.74 Å². The van der Waals surface area contributed by atoms with Crippen molar-refractivity contribution in [2.45, 2.75) is 13.3 Å². The van der Waals surface area contributed by atoms with Crippen molar-refractivity contribution in [3.8, 4) is 11.6 Å². The number of benzene rings is 1. The van der Waals surface area contributed by atoms with Crippen molar-refractivity contribution in [2.24, 2.45) is 0 Å². The van der Waals surface area contributed by atoms with Crippen LogP contribution in [0.4, 0.5) is 4.39 Å². The van der Waals surface area contributed by atoms with Gasteiger partial charge in [0.05, 0.1) is 6.20 Å². The van der Waals surface area contributed by atoms with Crippen LogP contribution >= 0.6 is 0 Å². The third-order valence-electron chi connectivity index (χ3n) is 2.23. The molecule has 0 amide bonds. The van der Waals surface area contributed by atoms with Crippen molar-refractivity contribution in [1.29, 1.82) is 0 Å². The molecule has 0 saturated carbocycles. The van der Waals surface area contributed by atoms with Crippen LogP contribution in [0.1, 0.15) is 12.5 Å². The summed E-state index contributed by atoms with van der Waals surface area (Å²) in [6.07, 6.45) is 2.09. The lowest BCUT2D eigenvalue weighted by Gasteiger charge is -2.05. The molecule has 1 aromatic heterocycles. The lowest BCUT2D eigenvalue weighted by molar-refractivity contribution is 0.458. The molecule has 0 fully saturated rings. The number of hydrogen-bond acceptors (Lipinski definition) is 2. The van der Waals surface area contributed by atoms with E-state index in [4.69, 9.17) is 4.74 Å². The Labute approximate surface area is 93.7 Å². The Morgan fingerprint density at radius 1 is 1.25 bits per heavy atom. The summed E-state index contributed by atoms with van der Waals surface area (Å²) >= 11 is 0. The molecule has 0 radical (unpaired) electrons. The van der Waals surface area contributed by atoms with Gasteiger partial charge in [-0.05, 0) is 30.2 Å².